The minimum atomic E-state index is -0.901. The lowest BCUT2D eigenvalue weighted by Gasteiger charge is -2.07. The van der Waals surface area contributed by atoms with E-state index in [1.807, 2.05) is 0 Å². The number of rotatable bonds is 3. The van der Waals surface area contributed by atoms with Crippen LogP contribution in [0.3, 0.4) is 0 Å². The number of methoxy groups -OCH3 is 1. The van der Waals surface area contributed by atoms with Crippen LogP contribution in [0.15, 0.2) is 12.1 Å². The van der Waals surface area contributed by atoms with Gasteiger partial charge in [0, 0.05) is 12.1 Å². The van der Waals surface area contributed by atoms with Crippen LogP contribution >= 0.6 is 11.6 Å². The monoisotopic (exact) mass is 233 g/mol. The van der Waals surface area contributed by atoms with Crippen molar-refractivity contribution in [2.24, 2.45) is 5.73 Å². The van der Waals surface area contributed by atoms with E-state index in [0.29, 0.717) is 0 Å². The molecule has 0 spiro atoms. The first-order valence-electron chi connectivity index (χ1n) is 4.20. The Labute approximate surface area is 91.3 Å². The molecule has 0 bridgehead atoms. The topological polar surface area (TPSA) is 35.2 Å². The molecule has 0 aliphatic carbocycles. The van der Waals surface area contributed by atoms with E-state index < -0.39 is 17.4 Å². The van der Waals surface area contributed by atoms with Crippen LogP contribution in [0.1, 0.15) is 5.56 Å². The summed E-state index contributed by atoms with van der Waals surface area (Å²) in [5.74, 6) is -2.18. The SMILES string of the molecule is COc1c(F)c(Cl)cc(/C=C/CN)c1F. The van der Waals surface area contributed by atoms with Crippen LogP contribution in [-0.2, 0) is 0 Å². The van der Waals surface area contributed by atoms with Gasteiger partial charge in [-0.3, -0.25) is 0 Å². The number of halogens is 3. The number of hydrogen-bond donors (Lipinski definition) is 1. The van der Waals surface area contributed by atoms with Crippen molar-refractivity contribution in [1.82, 2.24) is 0 Å². The second kappa shape index (κ2) is 5.09. The molecule has 5 heteroatoms. The van der Waals surface area contributed by atoms with Gasteiger partial charge in [0.15, 0.2) is 17.4 Å². The molecule has 1 rings (SSSR count). The van der Waals surface area contributed by atoms with Crippen molar-refractivity contribution < 1.29 is 13.5 Å². The molecule has 0 saturated heterocycles. The minimum Gasteiger partial charge on any atom is -0.491 e. The molecule has 0 aliphatic heterocycles. The van der Waals surface area contributed by atoms with Crippen molar-refractivity contribution >= 4 is 17.7 Å². The summed E-state index contributed by atoms with van der Waals surface area (Å²) in [6, 6.07) is 1.18. The van der Waals surface area contributed by atoms with Crippen molar-refractivity contribution in [3.8, 4) is 5.75 Å². The van der Waals surface area contributed by atoms with E-state index in [9.17, 15) is 8.78 Å². The van der Waals surface area contributed by atoms with Gasteiger partial charge in [0.05, 0.1) is 12.1 Å². The van der Waals surface area contributed by atoms with E-state index in [4.69, 9.17) is 17.3 Å². The third kappa shape index (κ3) is 2.46. The van der Waals surface area contributed by atoms with Crippen LogP contribution < -0.4 is 10.5 Å². The lowest BCUT2D eigenvalue weighted by molar-refractivity contribution is 0.359. The maximum atomic E-state index is 13.5. The van der Waals surface area contributed by atoms with Crippen LogP contribution in [0, 0.1) is 11.6 Å². The van der Waals surface area contributed by atoms with Crippen molar-refractivity contribution in [3.63, 3.8) is 0 Å². The van der Waals surface area contributed by atoms with E-state index in [2.05, 4.69) is 4.74 Å². The first-order chi connectivity index (χ1) is 7.11. The van der Waals surface area contributed by atoms with Gasteiger partial charge >= 0.3 is 0 Å². The molecule has 0 amide bonds. The second-order valence-corrected chi connectivity index (χ2v) is 3.15. The second-order valence-electron chi connectivity index (χ2n) is 2.75. The Kier molecular flexibility index (Phi) is 4.05. The summed E-state index contributed by atoms with van der Waals surface area (Å²) >= 11 is 5.56. The Morgan fingerprint density at radius 1 is 1.47 bits per heavy atom. The van der Waals surface area contributed by atoms with Gasteiger partial charge in [-0.25, -0.2) is 8.78 Å². The summed E-state index contributed by atoms with van der Waals surface area (Å²) in [5.41, 5.74) is 5.36. The Morgan fingerprint density at radius 2 is 2.13 bits per heavy atom. The molecule has 2 nitrogen and oxygen atoms in total. The van der Waals surface area contributed by atoms with Gasteiger partial charge < -0.3 is 10.5 Å². The standard InChI is InChI=1S/C10H10ClF2NO/c1-15-10-8(12)6(3-2-4-14)5-7(11)9(10)13/h2-3,5H,4,14H2,1H3/b3-2+. The average Bonchev–Trinajstić information content (AvgIpc) is 2.22. The smallest absolute Gasteiger partial charge is 0.192 e. The highest BCUT2D eigenvalue weighted by Crippen LogP contribution is 2.31. The van der Waals surface area contributed by atoms with E-state index >= 15 is 0 Å². The zero-order valence-electron chi connectivity index (χ0n) is 8.06. The number of benzene rings is 1. The first-order valence-corrected chi connectivity index (χ1v) is 4.57. The molecule has 0 saturated carbocycles. The van der Waals surface area contributed by atoms with Gasteiger partial charge in [0.2, 0.25) is 0 Å². The highest BCUT2D eigenvalue weighted by atomic mass is 35.5. The maximum Gasteiger partial charge on any atom is 0.192 e. The van der Waals surface area contributed by atoms with Crippen LogP contribution in [0.2, 0.25) is 5.02 Å². The molecule has 0 aliphatic rings. The lowest BCUT2D eigenvalue weighted by Crippen LogP contribution is -1.97. The highest BCUT2D eigenvalue weighted by molar-refractivity contribution is 6.31. The quantitative estimate of drug-likeness (QED) is 0.815. The van der Waals surface area contributed by atoms with Crippen molar-refractivity contribution in [2.45, 2.75) is 0 Å². The van der Waals surface area contributed by atoms with E-state index in [0.717, 1.165) is 0 Å². The average molecular weight is 234 g/mol. The summed E-state index contributed by atoms with van der Waals surface area (Å²) in [7, 11) is 1.17. The highest BCUT2D eigenvalue weighted by Gasteiger charge is 2.16. The van der Waals surface area contributed by atoms with Crippen LogP contribution in [-0.4, -0.2) is 13.7 Å². The number of nitrogens with two attached hydrogens (primary N) is 1. The fraction of sp³-hybridized carbons (Fsp3) is 0.200. The van der Waals surface area contributed by atoms with Gasteiger partial charge in [-0.1, -0.05) is 23.8 Å². The minimum absolute atomic E-state index is 0.142. The van der Waals surface area contributed by atoms with Crippen molar-refractivity contribution in [2.75, 3.05) is 13.7 Å². The van der Waals surface area contributed by atoms with E-state index in [1.54, 1.807) is 0 Å². The third-order valence-electron chi connectivity index (χ3n) is 1.78. The molecule has 0 fully saturated rings. The van der Waals surface area contributed by atoms with Gasteiger partial charge in [-0.05, 0) is 6.07 Å². The molecule has 82 valence electrons. The van der Waals surface area contributed by atoms with Crippen molar-refractivity contribution in [1.29, 1.82) is 0 Å². The lowest BCUT2D eigenvalue weighted by atomic mass is 10.1. The maximum absolute atomic E-state index is 13.5. The third-order valence-corrected chi connectivity index (χ3v) is 2.06. The summed E-state index contributed by atoms with van der Waals surface area (Å²) in [5, 5.41) is -0.190. The predicted molar refractivity (Wildman–Crippen MR) is 56.0 cm³/mol. The molecule has 2 N–H and O–H groups in total. The van der Waals surface area contributed by atoms with Gasteiger partial charge in [0.25, 0.3) is 0 Å². The Morgan fingerprint density at radius 3 is 2.67 bits per heavy atom. The molecule has 0 aromatic heterocycles. The van der Waals surface area contributed by atoms with Gasteiger partial charge in [-0.2, -0.15) is 0 Å². The molecule has 0 radical (unpaired) electrons. The molecular weight excluding hydrogens is 224 g/mol. The van der Waals surface area contributed by atoms with Crippen molar-refractivity contribution in [3.05, 3.63) is 34.4 Å². The fourth-order valence-electron chi connectivity index (χ4n) is 1.09. The van der Waals surface area contributed by atoms with E-state index in [-0.39, 0.29) is 17.1 Å². The normalized spacial score (nSPS) is 11.0. The molecule has 1 aromatic rings. The Balaban J connectivity index is 3.30. The zero-order chi connectivity index (χ0) is 11.4. The summed E-state index contributed by atoms with van der Waals surface area (Å²) in [4.78, 5) is 0. The predicted octanol–water partition coefficient (Wildman–Crippen LogP) is 2.60. The van der Waals surface area contributed by atoms with Gasteiger partial charge in [-0.15, -0.1) is 0 Å². The Bertz CT molecular complexity index is 393. The molecule has 0 atom stereocenters. The summed E-state index contributed by atoms with van der Waals surface area (Å²) < 4.78 is 31.3. The zero-order valence-corrected chi connectivity index (χ0v) is 8.81. The molecule has 1 aromatic carbocycles. The first kappa shape index (κ1) is 11.9. The van der Waals surface area contributed by atoms with Gasteiger partial charge in [0.1, 0.15) is 0 Å². The van der Waals surface area contributed by atoms with E-state index in [1.165, 1.54) is 25.3 Å². The molecule has 0 heterocycles. The summed E-state index contributed by atoms with van der Waals surface area (Å²) in [6.07, 6.45) is 2.95. The largest absolute Gasteiger partial charge is 0.491 e. The summed E-state index contributed by atoms with van der Waals surface area (Å²) in [6.45, 7) is 0.261. The molecule has 15 heavy (non-hydrogen) atoms. The molecule has 0 unspecified atom stereocenters. The van der Waals surface area contributed by atoms with Crippen LogP contribution in [0.25, 0.3) is 6.08 Å². The van der Waals surface area contributed by atoms with Crippen LogP contribution in [0.5, 0.6) is 5.75 Å². The Hall–Kier alpha value is -1.13. The fourth-order valence-corrected chi connectivity index (χ4v) is 1.30. The van der Waals surface area contributed by atoms with Crippen LogP contribution in [0.4, 0.5) is 8.78 Å². The molecular formula is C10H10ClF2NO. The number of ether oxygens (including phenoxy) is 1. The number of hydrogen-bond acceptors (Lipinski definition) is 2.